The summed E-state index contributed by atoms with van der Waals surface area (Å²) in [4.78, 5) is 6.34. The number of hydrogen-bond acceptors (Lipinski definition) is 2. The van der Waals surface area contributed by atoms with Crippen molar-refractivity contribution in [2.45, 2.75) is 13.0 Å². The largest absolute Gasteiger partial charge is 0.370 e. The molecule has 4 N–H and O–H groups in total. The highest BCUT2D eigenvalue weighted by molar-refractivity contribution is 6.31. The van der Waals surface area contributed by atoms with Gasteiger partial charge in [-0.2, -0.15) is 0 Å². The summed E-state index contributed by atoms with van der Waals surface area (Å²) in [7, 11) is 0. The number of halogens is 1. The van der Waals surface area contributed by atoms with Gasteiger partial charge in [-0.25, -0.2) is 0 Å². The number of rotatable bonds is 3. The molecule has 1 aromatic rings. The average Bonchev–Trinajstić information content (AvgIpc) is 2.29. The van der Waals surface area contributed by atoms with Crippen molar-refractivity contribution in [3.63, 3.8) is 0 Å². The molecule has 0 bridgehead atoms. The van der Waals surface area contributed by atoms with Crippen molar-refractivity contribution in [2.75, 3.05) is 19.6 Å². The maximum absolute atomic E-state index is 6.16. The van der Waals surface area contributed by atoms with Crippen LogP contribution in [0.3, 0.4) is 0 Å². The van der Waals surface area contributed by atoms with Crippen molar-refractivity contribution in [2.24, 2.45) is 16.5 Å². The summed E-state index contributed by atoms with van der Waals surface area (Å²) in [5.41, 5.74) is 13.2. The molecule has 0 radical (unpaired) electrons. The summed E-state index contributed by atoms with van der Waals surface area (Å²) in [5.74, 6) is 0.158. The van der Waals surface area contributed by atoms with E-state index in [1.165, 1.54) is 11.1 Å². The van der Waals surface area contributed by atoms with Gasteiger partial charge in [0.25, 0.3) is 0 Å². The summed E-state index contributed by atoms with van der Waals surface area (Å²) in [5, 5.41) is 0.881. The Hall–Kier alpha value is -1.26. The predicted molar refractivity (Wildman–Crippen MR) is 71.1 cm³/mol. The molecule has 1 aliphatic rings. The molecule has 1 heterocycles. The lowest BCUT2D eigenvalue weighted by Gasteiger charge is -2.28. The molecule has 1 aliphatic heterocycles. The molecule has 0 saturated heterocycles. The molecule has 4 nitrogen and oxygen atoms in total. The highest BCUT2D eigenvalue weighted by Gasteiger charge is 2.17. The Morgan fingerprint density at radius 3 is 3.00 bits per heavy atom. The Morgan fingerprint density at radius 2 is 2.24 bits per heavy atom. The summed E-state index contributed by atoms with van der Waals surface area (Å²) in [6.07, 6.45) is 0.997. The van der Waals surface area contributed by atoms with Crippen LogP contribution in [0.1, 0.15) is 11.1 Å². The smallest absolute Gasteiger partial charge is 0.185 e. The molecule has 1 aromatic carbocycles. The monoisotopic (exact) mass is 252 g/mol. The summed E-state index contributed by atoms with van der Waals surface area (Å²) in [6, 6.07) is 6.09. The molecule has 0 saturated carbocycles. The van der Waals surface area contributed by atoms with Gasteiger partial charge >= 0.3 is 0 Å². The van der Waals surface area contributed by atoms with E-state index in [0.717, 1.165) is 31.1 Å². The molecule has 2 rings (SSSR count). The van der Waals surface area contributed by atoms with Gasteiger partial charge in [0.05, 0.1) is 6.54 Å². The van der Waals surface area contributed by atoms with E-state index in [9.17, 15) is 0 Å². The summed E-state index contributed by atoms with van der Waals surface area (Å²) < 4.78 is 0. The van der Waals surface area contributed by atoms with Gasteiger partial charge in [0.1, 0.15) is 0 Å². The highest BCUT2D eigenvalue weighted by Crippen LogP contribution is 2.25. The number of nitrogens with two attached hydrogens (primary N) is 2. The predicted octanol–water partition coefficient (Wildman–Crippen LogP) is 0.972. The maximum Gasteiger partial charge on any atom is 0.185 e. The van der Waals surface area contributed by atoms with Crippen LogP contribution in [0.15, 0.2) is 23.2 Å². The van der Waals surface area contributed by atoms with Crippen molar-refractivity contribution in [1.82, 2.24) is 4.90 Å². The van der Waals surface area contributed by atoms with Gasteiger partial charge in [0.2, 0.25) is 0 Å². The number of benzene rings is 1. The molecular formula is C12H17ClN4. The zero-order valence-electron chi connectivity index (χ0n) is 9.69. The second-order valence-electron chi connectivity index (χ2n) is 4.21. The van der Waals surface area contributed by atoms with Crippen molar-refractivity contribution >= 4 is 17.6 Å². The third kappa shape index (κ3) is 3.11. The zero-order chi connectivity index (χ0) is 12.3. The normalized spacial score (nSPS) is 15.4. The summed E-state index contributed by atoms with van der Waals surface area (Å²) in [6.45, 7) is 3.47. The Balaban J connectivity index is 1.97. The first-order valence-corrected chi connectivity index (χ1v) is 6.08. The molecule has 17 heavy (non-hydrogen) atoms. The molecule has 0 unspecified atom stereocenters. The number of hydrogen-bond donors (Lipinski definition) is 2. The fourth-order valence-electron chi connectivity index (χ4n) is 2.13. The van der Waals surface area contributed by atoms with E-state index in [1.807, 2.05) is 12.1 Å². The minimum atomic E-state index is 0.158. The number of nitrogens with zero attached hydrogens (tertiary/aromatic N) is 2. The highest BCUT2D eigenvalue weighted by atomic mass is 35.5. The lowest BCUT2D eigenvalue weighted by molar-refractivity contribution is 0.262. The van der Waals surface area contributed by atoms with Crippen molar-refractivity contribution < 1.29 is 0 Å². The summed E-state index contributed by atoms with van der Waals surface area (Å²) >= 11 is 6.16. The first kappa shape index (κ1) is 12.2. The molecule has 5 heteroatoms. The molecular weight excluding hydrogens is 236 g/mol. The Labute approximate surface area is 106 Å². The quantitative estimate of drug-likeness (QED) is 0.622. The van der Waals surface area contributed by atoms with E-state index in [0.29, 0.717) is 6.54 Å². The van der Waals surface area contributed by atoms with Gasteiger partial charge in [-0.3, -0.25) is 9.89 Å². The number of guanidine groups is 1. The van der Waals surface area contributed by atoms with E-state index < -0.39 is 0 Å². The Morgan fingerprint density at radius 1 is 1.41 bits per heavy atom. The van der Waals surface area contributed by atoms with Crippen LogP contribution in [0.25, 0.3) is 0 Å². The number of aliphatic imine (C=N–C) groups is 1. The van der Waals surface area contributed by atoms with Crippen LogP contribution >= 0.6 is 11.6 Å². The van der Waals surface area contributed by atoms with Gasteiger partial charge in [-0.05, 0) is 23.6 Å². The van der Waals surface area contributed by atoms with E-state index in [4.69, 9.17) is 23.1 Å². The van der Waals surface area contributed by atoms with Crippen LogP contribution in [0.5, 0.6) is 0 Å². The first-order valence-electron chi connectivity index (χ1n) is 5.71. The van der Waals surface area contributed by atoms with Crippen molar-refractivity contribution in [3.05, 3.63) is 34.3 Å². The molecule has 0 aromatic heterocycles. The molecule has 92 valence electrons. The van der Waals surface area contributed by atoms with Crippen LogP contribution in [-0.4, -0.2) is 30.5 Å². The third-order valence-corrected chi connectivity index (χ3v) is 3.35. The van der Waals surface area contributed by atoms with E-state index in [2.05, 4.69) is 16.0 Å². The number of fused-ring (bicyclic) bond motifs is 1. The SMILES string of the molecule is NC(N)=NCCN1CCc2c(Cl)cccc2C1. The van der Waals surface area contributed by atoms with Gasteiger partial charge < -0.3 is 11.5 Å². The molecule has 0 amide bonds. The fraction of sp³-hybridized carbons (Fsp3) is 0.417. The average molecular weight is 253 g/mol. The van der Waals surface area contributed by atoms with Crippen LogP contribution in [-0.2, 0) is 13.0 Å². The second kappa shape index (κ2) is 5.38. The Kier molecular flexibility index (Phi) is 3.86. The first-order chi connectivity index (χ1) is 8.16. The van der Waals surface area contributed by atoms with Crippen LogP contribution in [0, 0.1) is 0 Å². The lowest BCUT2D eigenvalue weighted by atomic mass is 10.00. The molecule has 0 atom stereocenters. The van der Waals surface area contributed by atoms with Gasteiger partial charge in [0.15, 0.2) is 5.96 Å². The lowest BCUT2D eigenvalue weighted by Crippen LogP contribution is -2.33. The maximum atomic E-state index is 6.16. The molecule has 0 spiro atoms. The second-order valence-corrected chi connectivity index (χ2v) is 4.62. The molecule has 0 aliphatic carbocycles. The third-order valence-electron chi connectivity index (χ3n) is 3.00. The van der Waals surface area contributed by atoms with E-state index in [1.54, 1.807) is 0 Å². The van der Waals surface area contributed by atoms with Crippen LogP contribution in [0.4, 0.5) is 0 Å². The topological polar surface area (TPSA) is 67.6 Å². The minimum Gasteiger partial charge on any atom is -0.370 e. The van der Waals surface area contributed by atoms with E-state index >= 15 is 0 Å². The van der Waals surface area contributed by atoms with E-state index in [-0.39, 0.29) is 5.96 Å². The van der Waals surface area contributed by atoms with Crippen molar-refractivity contribution in [1.29, 1.82) is 0 Å². The standard InChI is InChI=1S/C12H17ClN4/c13-11-3-1-2-9-8-17(6-4-10(9)11)7-5-16-12(14)15/h1-3H,4-8H2,(H4,14,15,16). The van der Waals surface area contributed by atoms with Crippen molar-refractivity contribution in [3.8, 4) is 0 Å². The Bertz CT molecular complexity index is 427. The van der Waals surface area contributed by atoms with Crippen LogP contribution in [0.2, 0.25) is 5.02 Å². The van der Waals surface area contributed by atoms with Gasteiger partial charge in [0, 0.05) is 24.7 Å². The van der Waals surface area contributed by atoms with Crippen LogP contribution < -0.4 is 11.5 Å². The molecule has 0 fully saturated rings. The fourth-order valence-corrected chi connectivity index (χ4v) is 2.42. The van der Waals surface area contributed by atoms with Gasteiger partial charge in [-0.15, -0.1) is 0 Å². The van der Waals surface area contributed by atoms with Gasteiger partial charge in [-0.1, -0.05) is 23.7 Å². The minimum absolute atomic E-state index is 0.158. The zero-order valence-corrected chi connectivity index (χ0v) is 10.5.